The molecule has 0 aliphatic carbocycles. The Balaban J connectivity index is 2.07. The molecule has 23 heavy (non-hydrogen) atoms. The molecule has 7 heteroatoms. The van der Waals surface area contributed by atoms with E-state index in [1.54, 1.807) is 13.0 Å². The number of hydrazone groups is 1. The number of carbonyl (C=O) groups is 1. The summed E-state index contributed by atoms with van der Waals surface area (Å²) in [5, 5.41) is 3.89. The number of hydrogen-bond donors (Lipinski definition) is 1. The number of ether oxygens (including phenoxy) is 1. The SMILES string of the molecule is C/C(=N/NC(=O)c1ccc(F)cc1)c1cccc(OC(F)F)c1. The van der Waals surface area contributed by atoms with Gasteiger partial charge in [0.25, 0.3) is 5.91 Å². The fourth-order valence-corrected chi connectivity index (χ4v) is 1.76. The number of nitrogens with one attached hydrogen (secondary N) is 1. The molecule has 0 aliphatic heterocycles. The average Bonchev–Trinajstić information content (AvgIpc) is 2.52. The van der Waals surface area contributed by atoms with Crippen LogP contribution in [-0.4, -0.2) is 18.2 Å². The molecule has 0 unspecified atom stereocenters. The summed E-state index contributed by atoms with van der Waals surface area (Å²) < 4.78 is 41.5. The van der Waals surface area contributed by atoms with Crippen LogP contribution in [0.1, 0.15) is 22.8 Å². The van der Waals surface area contributed by atoms with Crippen LogP contribution in [0.4, 0.5) is 13.2 Å². The molecule has 0 atom stereocenters. The zero-order chi connectivity index (χ0) is 16.8. The number of alkyl halides is 2. The van der Waals surface area contributed by atoms with Gasteiger partial charge in [-0.3, -0.25) is 4.79 Å². The van der Waals surface area contributed by atoms with E-state index < -0.39 is 18.3 Å². The van der Waals surface area contributed by atoms with E-state index in [9.17, 15) is 18.0 Å². The quantitative estimate of drug-likeness (QED) is 0.676. The molecule has 0 heterocycles. The van der Waals surface area contributed by atoms with Crippen LogP contribution in [0.25, 0.3) is 0 Å². The lowest BCUT2D eigenvalue weighted by Crippen LogP contribution is -2.19. The number of halogens is 3. The van der Waals surface area contributed by atoms with Gasteiger partial charge in [0.1, 0.15) is 11.6 Å². The normalized spacial score (nSPS) is 11.4. The first kappa shape index (κ1) is 16.5. The Morgan fingerprint density at radius 1 is 1.13 bits per heavy atom. The van der Waals surface area contributed by atoms with Gasteiger partial charge in [-0.15, -0.1) is 0 Å². The minimum atomic E-state index is -2.92. The summed E-state index contributed by atoms with van der Waals surface area (Å²) in [4.78, 5) is 11.8. The van der Waals surface area contributed by atoms with Crippen LogP contribution >= 0.6 is 0 Å². The molecule has 2 aromatic carbocycles. The van der Waals surface area contributed by atoms with Crippen LogP contribution in [0.15, 0.2) is 53.6 Å². The Bertz CT molecular complexity index is 716. The van der Waals surface area contributed by atoms with Crippen molar-refractivity contribution in [3.8, 4) is 5.75 Å². The van der Waals surface area contributed by atoms with Gasteiger partial charge in [0.2, 0.25) is 0 Å². The van der Waals surface area contributed by atoms with Gasteiger partial charge in [-0.05, 0) is 43.3 Å². The first-order chi connectivity index (χ1) is 11.0. The molecule has 1 N–H and O–H groups in total. The van der Waals surface area contributed by atoms with Crippen molar-refractivity contribution in [3.05, 3.63) is 65.5 Å². The Hall–Kier alpha value is -2.83. The van der Waals surface area contributed by atoms with Crippen LogP contribution < -0.4 is 10.2 Å². The molecule has 0 saturated carbocycles. The van der Waals surface area contributed by atoms with Gasteiger partial charge in [-0.2, -0.15) is 13.9 Å². The second-order valence-electron chi connectivity index (χ2n) is 4.55. The Morgan fingerprint density at radius 2 is 1.83 bits per heavy atom. The topological polar surface area (TPSA) is 50.7 Å². The summed E-state index contributed by atoms with van der Waals surface area (Å²) in [6.07, 6.45) is 0. The van der Waals surface area contributed by atoms with Gasteiger partial charge >= 0.3 is 6.61 Å². The van der Waals surface area contributed by atoms with Gasteiger partial charge in [-0.1, -0.05) is 12.1 Å². The average molecular weight is 322 g/mol. The van der Waals surface area contributed by atoms with Crippen LogP contribution in [0.5, 0.6) is 5.75 Å². The summed E-state index contributed by atoms with van der Waals surface area (Å²) in [7, 11) is 0. The van der Waals surface area contributed by atoms with Gasteiger partial charge in [-0.25, -0.2) is 9.82 Å². The van der Waals surface area contributed by atoms with Crippen molar-refractivity contribution >= 4 is 11.6 Å². The maximum Gasteiger partial charge on any atom is 0.387 e. The Morgan fingerprint density at radius 3 is 2.48 bits per heavy atom. The minimum Gasteiger partial charge on any atom is -0.435 e. The number of amides is 1. The molecule has 0 spiro atoms. The lowest BCUT2D eigenvalue weighted by atomic mass is 10.1. The third-order valence-corrected chi connectivity index (χ3v) is 2.91. The molecule has 4 nitrogen and oxygen atoms in total. The second kappa shape index (κ2) is 7.44. The molecular weight excluding hydrogens is 309 g/mol. The van der Waals surface area contributed by atoms with E-state index in [2.05, 4.69) is 15.3 Å². The third kappa shape index (κ3) is 4.84. The second-order valence-corrected chi connectivity index (χ2v) is 4.55. The van der Waals surface area contributed by atoms with Crippen molar-refractivity contribution in [1.82, 2.24) is 5.43 Å². The molecule has 120 valence electrons. The van der Waals surface area contributed by atoms with Gasteiger partial charge in [0.05, 0.1) is 5.71 Å². The van der Waals surface area contributed by atoms with Gasteiger partial charge in [0, 0.05) is 11.1 Å². The van der Waals surface area contributed by atoms with E-state index in [0.717, 1.165) is 12.1 Å². The van der Waals surface area contributed by atoms with Gasteiger partial charge in [0.15, 0.2) is 0 Å². The highest BCUT2D eigenvalue weighted by atomic mass is 19.3. The highest BCUT2D eigenvalue weighted by Crippen LogP contribution is 2.16. The van der Waals surface area contributed by atoms with E-state index >= 15 is 0 Å². The standard InChI is InChI=1S/C16H13F3N2O2/c1-10(12-3-2-4-14(9-12)23-16(18)19)20-21-15(22)11-5-7-13(17)8-6-11/h2-9,16H,1H3,(H,21,22)/b20-10-. The predicted molar refractivity (Wildman–Crippen MR) is 79.2 cm³/mol. The molecule has 0 aromatic heterocycles. The monoisotopic (exact) mass is 322 g/mol. The first-order valence-electron chi connectivity index (χ1n) is 6.61. The summed E-state index contributed by atoms with van der Waals surface area (Å²) in [6, 6.07) is 10.9. The zero-order valence-corrected chi connectivity index (χ0v) is 12.1. The van der Waals surface area contributed by atoms with Crippen molar-refractivity contribution in [2.45, 2.75) is 13.5 Å². The molecule has 0 bridgehead atoms. The number of hydrogen-bond acceptors (Lipinski definition) is 3. The molecule has 0 aliphatic rings. The van der Waals surface area contributed by atoms with E-state index in [4.69, 9.17) is 0 Å². The first-order valence-corrected chi connectivity index (χ1v) is 6.61. The van der Waals surface area contributed by atoms with E-state index in [-0.39, 0.29) is 11.3 Å². The molecular formula is C16H13F3N2O2. The Kier molecular flexibility index (Phi) is 5.35. The van der Waals surface area contributed by atoms with Crippen molar-refractivity contribution in [2.24, 2.45) is 5.10 Å². The largest absolute Gasteiger partial charge is 0.435 e. The van der Waals surface area contributed by atoms with Crippen LogP contribution in [0, 0.1) is 5.82 Å². The highest BCUT2D eigenvalue weighted by molar-refractivity contribution is 6.01. The molecule has 0 saturated heterocycles. The van der Waals surface area contributed by atoms with Crippen LogP contribution in [0.3, 0.4) is 0 Å². The lowest BCUT2D eigenvalue weighted by molar-refractivity contribution is -0.0498. The highest BCUT2D eigenvalue weighted by Gasteiger charge is 2.07. The fourth-order valence-electron chi connectivity index (χ4n) is 1.76. The Labute approximate surface area is 130 Å². The summed E-state index contributed by atoms with van der Waals surface area (Å²) in [6.45, 7) is -1.31. The lowest BCUT2D eigenvalue weighted by Gasteiger charge is -2.07. The number of carbonyl (C=O) groups excluding carboxylic acids is 1. The number of benzene rings is 2. The predicted octanol–water partition coefficient (Wildman–Crippen LogP) is 3.58. The van der Waals surface area contributed by atoms with E-state index in [1.807, 2.05) is 0 Å². The van der Waals surface area contributed by atoms with Crippen molar-refractivity contribution in [2.75, 3.05) is 0 Å². The van der Waals surface area contributed by atoms with Gasteiger partial charge < -0.3 is 4.74 Å². The molecule has 0 fully saturated rings. The van der Waals surface area contributed by atoms with Crippen molar-refractivity contribution < 1.29 is 22.7 Å². The summed E-state index contributed by atoms with van der Waals surface area (Å²) in [5.74, 6) is -0.960. The van der Waals surface area contributed by atoms with E-state index in [1.165, 1.54) is 30.3 Å². The number of nitrogens with zero attached hydrogens (tertiary/aromatic N) is 1. The summed E-state index contributed by atoms with van der Waals surface area (Å²) in [5.41, 5.74) is 3.48. The van der Waals surface area contributed by atoms with Crippen LogP contribution in [0.2, 0.25) is 0 Å². The molecule has 1 amide bonds. The van der Waals surface area contributed by atoms with E-state index in [0.29, 0.717) is 11.3 Å². The fraction of sp³-hybridized carbons (Fsp3) is 0.125. The summed E-state index contributed by atoms with van der Waals surface area (Å²) >= 11 is 0. The maximum absolute atomic E-state index is 12.8. The molecule has 2 aromatic rings. The zero-order valence-electron chi connectivity index (χ0n) is 12.1. The third-order valence-electron chi connectivity index (χ3n) is 2.91. The number of rotatable bonds is 5. The molecule has 0 radical (unpaired) electrons. The van der Waals surface area contributed by atoms with Crippen molar-refractivity contribution in [3.63, 3.8) is 0 Å². The van der Waals surface area contributed by atoms with Crippen molar-refractivity contribution in [1.29, 1.82) is 0 Å². The molecule has 2 rings (SSSR count). The smallest absolute Gasteiger partial charge is 0.387 e. The maximum atomic E-state index is 12.8. The minimum absolute atomic E-state index is 0.00286. The van der Waals surface area contributed by atoms with Crippen LogP contribution in [-0.2, 0) is 0 Å².